The van der Waals surface area contributed by atoms with Crippen LogP contribution in [0.4, 0.5) is 4.79 Å². The van der Waals surface area contributed by atoms with E-state index in [1.165, 1.54) is 24.8 Å². The molecular weight excluding hydrogens is 314 g/mol. The number of amides is 1. The molecule has 0 radical (unpaired) electrons. The Morgan fingerprint density at radius 3 is 2.80 bits per heavy atom. The lowest BCUT2D eigenvalue weighted by atomic mass is 9.56. The van der Waals surface area contributed by atoms with Gasteiger partial charge in [0.2, 0.25) is 0 Å². The van der Waals surface area contributed by atoms with E-state index in [1.54, 1.807) is 0 Å². The molecule has 2 fully saturated rings. The molecule has 1 aliphatic heterocycles. The van der Waals surface area contributed by atoms with E-state index in [4.69, 9.17) is 9.47 Å². The van der Waals surface area contributed by atoms with Gasteiger partial charge in [-0.25, -0.2) is 4.79 Å². The third-order valence-corrected chi connectivity index (χ3v) is 6.92. The van der Waals surface area contributed by atoms with Crippen molar-refractivity contribution in [2.24, 2.45) is 23.2 Å². The fourth-order valence-corrected chi connectivity index (χ4v) is 5.17. The van der Waals surface area contributed by atoms with Crippen molar-refractivity contribution in [3.8, 4) is 0 Å². The molecule has 0 aromatic rings. The number of ether oxygens (including phenoxy) is 2. The highest BCUT2D eigenvalue weighted by atomic mass is 16.6. The minimum Gasteiger partial charge on any atom is -0.449 e. The Balaban J connectivity index is 1.66. The van der Waals surface area contributed by atoms with Crippen molar-refractivity contribution in [2.45, 2.75) is 65.0 Å². The van der Waals surface area contributed by atoms with Crippen LogP contribution >= 0.6 is 0 Å². The maximum atomic E-state index is 12.3. The van der Waals surface area contributed by atoms with Gasteiger partial charge in [0.05, 0.1) is 12.7 Å². The van der Waals surface area contributed by atoms with Gasteiger partial charge in [-0.1, -0.05) is 50.8 Å². The zero-order valence-corrected chi connectivity index (χ0v) is 15.9. The molecule has 140 valence electrons. The first kappa shape index (κ1) is 18.5. The van der Waals surface area contributed by atoms with Crippen LogP contribution in [0, 0.1) is 23.2 Å². The van der Waals surface area contributed by atoms with Crippen molar-refractivity contribution >= 4 is 6.09 Å². The van der Waals surface area contributed by atoms with E-state index in [0.29, 0.717) is 31.0 Å². The monoisotopic (exact) mass is 347 g/mol. The Morgan fingerprint density at radius 2 is 2.12 bits per heavy atom. The number of allylic oxidation sites excluding steroid dienone is 1. The summed E-state index contributed by atoms with van der Waals surface area (Å²) in [4.78, 5) is 12.3. The van der Waals surface area contributed by atoms with Crippen molar-refractivity contribution in [3.63, 3.8) is 0 Å². The summed E-state index contributed by atoms with van der Waals surface area (Å²) in [6, 6.07) is 0.280. The summed E-state index contributed by atoms with van der Waals surface area (Å²) in [5.74, 6) is 1.05. The van der Waals surface area contributed by atoms with Crippen LogP contribution in [0.5, 0.6) is 0 Å². The summed E-state index contributed by atoms with van der Waals surface area (Å²) in [6.07, 6.45) is 9.86. The van der Waals surface area contributed by atoms with Crippen molar-refractivity contribution in [1.29, 1.82) is 0 Å². The van der Waals surface area contributed by atoms with Crippen LogP contribution in [-0.2, 0) is 9.47 Å². The summed E-state index contributed by atoms with van der Waals surface area (Å²) in [7, 11) is 0. The van der Waals surface area contributed by atoms with E-state index in [2.05, 4.69) is 38.7 Å². The van der Waals surface area contributed by atoms with Gasteiger partial charge in [-0.3, -0.25) is 0 Å². The maximum absolute atomic E-state index is 12.3. The van der Waals surface area contributed by atoms with Crippen LogP contribution in [0.25, 0.3) is 0 Å². The molecule has 1 amide bonds. The minimum absolute atomic E-state index is 0.0583. The number of fused-ring (bicyclic) bond motifs is 2. The predicted molar refractivity (Wildman–Crippen MR) is 99.3 cm³/mol. The largest absolute Gasteiger partial charge is 0.449 e. The van der Waals surface area contributed by atoms with Crippen molar-refractivity contribution in [1.82, 2.24) is 5.32 Å². The summed E-state index contributed by atoms with van der Waals surface area (Å²) < 4.78 is 11.8. The Hall–Kier alpha value is -1.29. The third kappa shape index (κ3) is 3.51. The second kappa shape index (κ2) is 7.53. The lowest BCUT2D eigenvalue weighted by Crippen LogP contribution is -2.56. The molecule has 5 atom stereocenters. The highest BCUT2D eigenvalue weighted by molar-refractivity contribution is 5.67. The van der Waals surface area contributed by atoms with Crippen LogP contribution in [0.2, 0.25) is 0 Å². The highest BCUT2D eigenvalue weighted by Gasteiger charge is 2.53. The Morgan fingerprint density at radius 1 is 1.40 bits per heavy atom. The van der Waals surface area contributed by atoms with E-state index >= 15 is 0 Å². The lowest BCUT2D eigenvalue weighted by Gasteiger charge is -2.54. The molecule has 0 spiro atoms. The first-order valence-electron chi connectivity index (χ1n) is 9.83. The quantitative estimate of drug-likeness (QED) is 0.764. The Labute approximate surface area is 152 Å². The summed E-state index contributed by atoms with van der Waals surface area (Å²) in [6.45, 7) is 11.6. The number of hydrogen-bond acceptors (Lipinski definition) is 3. The molecule has 1 saturated heterocycles. The first-order chi connectivity index (χ1) is 12.0. The molecule has 3 aliphatic rings. The zero-order valence-electron chi connectivity index (χ0n) is 15.9. The fraction of sp³-hybridized carbons (Fsp3) is 0.762. The zero-order chi connectivity index (χ0) is 18.0. The number of carbonyl (C=O) groups excluding carboxylic acids is 1. The SMILES string of the molecule is C=CC1OC[C@@]2(COC(=O)NC3CCCCC3)C(C)C=C(C)C1[C@@H]2C. The molecule has 2 bridgehead atoms. The number of rotatable bonds is 4. The minimum atomic E-state index is -0.269. The normalized spacial score (nSPS) is 38.6. The van der Waals surface area contributed by atoms with Crippen molar-refractivity contribution in [3.05, 3.63) is 24.3 Å². The Kier molecular flexibility index (Phi) is 5.57. The number of hydrogen-bond donors (Lipinski definition) is 1. The molecule has 4 heteroatoms. The van der Waals surface area contributed by atoms with Crippen LogP contribution < -0.4 is 5.32 Å². The summed E-state index contributed by atoms with van der Waals surface area (Å²) >= 11 is 0. The standard InChI is InChI=1S/C21H33NO3/c1-5-18-19-14(2)11-15(3)21(12-24-18,16(19)4)13-25-20(23)22-17-9-7-6-8-10-17/h5,11,15-19H,1,6-10,12-13H2,2-4H3,(H,22,23)/t15?,16-,18?,19?,21+/m0/s1. The second-order valence-electron chi connectivity index (χ2n) is 8.31. The smallest absolute Gasteiger partial charge is 0.407 e. The van der Waals surface area contributed by atoms with Gasteiger partial charge in [0.15, 0.2) is 0 Å². The van der Waals surface area contributed by atoms with Crippen LogP contribution in [0.1, 0.15) is 52.9 Å². The van der Waals surface area contributed by atoms with Gasteiger partial charge in [0.25, 0.3) is 0 Å². The average Bonchev–Trinajstić information content (AvgIpc) is 2.59. The third-order valence-electron chi connectivity index (χ3n) is 6.92. The van der Waals surface area contributed by atoms with Crippen LogP contribution in [-0.4, -0.2) is 31.5 Å². The highest BCUT2D eigenvalue weighted by Crippen LogP contribution is 2.52. The molecule has 0 aromatic heterocycles. The average molecular weight is 347 g/mol. The van der Waals surface area contributed by atoms with Crippen molar-refractivity contribution in [2.75, 3.05) is 13.2 Å². The number of alkyl carbamates (subject to hydrolysis) is 1. The lowest BCUT2D eigenvalue weighted by molar-refractivity contribution is -0.149. The molecule has 25 heavy (non-hydrogen) atoms. The summed E-state index contributed by atoms with van der Waals surface area (Å²) in [5.41, 5.74) is 1.22. The molecule has 4 nitrogen and oxygen atoms in total. The first-order valence-corrected chi connectivity index (χ1v) is 9.83. The van der Waals surface area contributed by atoms with E-state index in [0.717, 1.165) is 12.8 Å². The van der Waals surface area contributed by atoms with Gasteiger partial charge < -0.3 is 14.8 Å². The van der Waals surface area contributed by atoms with Crippen LogP contribution in [0.15, 0.2) is 24.3 Å². The molecular formula is C21H33NO3. The van der Waals surface area contributed by atoms with E-state index < -0.39 is 0 Å². The molecule has 2 aliphatic carbocycles. The van der Waals surface area contributed by atoms with Gasteiger partial charge in [-0.2, -0.15) is 0 Å². The summed E-state index contributed by atoms with van der Waals surface area (Å²) in [5, 5.41) is 3.05. The molecule has 1 N–H and O–H groups in total. The van der Waals surface area contributed by atoms with E-state index in [-0.39, 0.29) is 23.7 Å². The topological polar surface area (TPSA) is 47.6 Å². The Bertz CT molecular complexity index is 537. The van der Waals surface area contributed by atoms with E-state index in [1.807, 2.05) is 6.08 Å². The number of carbonyl (C=O) groups is 1. The molecule has 1 heterocycles. The molecule has 3 rings (SSSR count). The molecule has 1 saturated carbocycles. The number of nitrogens with one attached hydrogen (secondary N) is 1. The second-order valence-corrected chi connectivity index (χ2v) is 8.31. The molecule has 0 aromatic carbocycles. The predicted octanol–water partition coefficient (Wildman–Crippen LogP) is 4.46. The van der Waals surface area contributed by atoms with Gasteiger partial charge in [0, 0.05) is 17.4 Å². The molecule has 3 unspecified atom stereocenters. The van der Waals surface area contributed by atoms with Crippen LogP contribution in [0.3, 0.4) is 0 Å². The van der Waals surface area contributed by atoms with Gasteiger partial charge >= 0.3 is 6.09 Å². The van der Waals surface area contributed by atoms with Crippen molar-refractivity contribution < 1.29 is 14.3 Å². The van der Waals surface area contributed by atoms with Gasteiger partial charge in [0.1, 0.15) is 6.61 Å². The fourth-order valence-electron chi connectivity index (χ4n) is 5.17. The van der Waals surface area contributed by atoms with E-state index in [9.17, 15) is 4.79 Å². The maximum Gasteiger partial charge on any atom is 0.407 e. The van der Waals surface area contributed by atoms with Gasteiger partial charge in [-0.15, -0.1) is 6.58 Å². The van der Waals surface area contributed by atoms with Gasteiger partial charge in [-0.05, 0) is 31.6 Å².